The van der Waals surface area contributed by atoms with Crippen LogP contribution in [0.25, 0.3) is 0 Å². The van der Waals surface area contributed by atoms with E-state index in [0.29, 0.717) is 50.7 Å². The lowest BCUT2D eigenvalue weighted by Crippen LogP contribution is -2.53. The van der Waals surface area contributed by atoms with Gasteiger partial charge in [-0.05, 0) is 73.5 Å². The number of amides is 3. The Morgan fingerprint density at radius 1 is 0.933 bits per heavy atom. The molecule has 0 saturated heterocycles. The van der Waals surface area contributed by atoms with Crippen molar-refractivity contribution < 1.29 is 33.8 Å². The smallest absolute Gasteiger partial charge is 0.408 e. The second-order valence-corrected chi connectivity index (χ2v) is 13.2. The first kappa shape index (κ1) is 30.9. The summed E-state index contributed by atoms with van der Waals surface area (Å²) in [4.78, 5) is 51.8. The maximum Gasteiger partial charge on any atom is 0.408 e. The molecule has 0 radical (unpaired) electrons. The summed E-state index contributed by atoms with van der Waals surface area (Å²) >= 11 is 0. The van der Waals surface area contributed by atoms with Crippen LogP contribution < -0.4 is 16.0 Å². The number of benzene rings is 2. The van der Waals surface area contributed by atoms with Crippen LogP contribution in [-0.2, 0) is 38.8 Å². The van der Waals surface area contributed by atoms with Gasteiger partial charge in [-0.2, -0.15) is 0 Å². The van der Waals surface area contributed by atoms with Gasteiger partial charge >= 0.3 is 18.2 Å². The molecule has 11 heteroatoms. The number of alkyl carbamates (subject to hydrolysis) is 2. The van der Waals surface area contributed by atoms with E-state index >= 15 is 0 Å². The van der Waals surface area contributed by atoms with Gasteiger partial charge in [-0.15, -0.1) is 0 Å². The Bertz CT molecular complexity index is 1400. The quantitative estimate of drug-likeness (QED) is 0.246. The highest BCUT2D eigenvalue weighted by Crippen LogP contribution is 2.63. The van der Waals surface area contributed by atoms with E-state index in [4.69, 9.17) is 9.47 Å². The van der Waals surface area contributed by atoms with Crippen molar-refractivity contribution in [3.8, 4) is 0 Å². The maximum absolute atomic E-state index is 13.1. The van der Waals surface area contributed by atoms with Crippen LogP contribution in [0.4, 0.5) is 9.59 Å². The van der Waals surface area contributed by atoms with E-state index < -0.39 is 29.8 Å². The largest absolute Gasteiger partial charge is 0.480 e. The molecule has 5 aliphatic rings. The Hall–Kier alpha value is -4.12. The molecule has 11 nitrogen and oxygen atoms in total. The van der Waals surface area contributed by atoms with Gasteiger partial charge in [-0.25, -0.2) is 14.4 Å². The van der Waals surface area contributed by atoms with Gasteiger partial charge in [0.05, 0.1) is 6.54 Å². The Morgan fingerprint density at radius 3 is 2.40 bits per heavy atom. The molecule has 7 rings (SSSR count). The normalized spacial score (nSPS) is 26.3. The van der Waals surface area contributed by atoms with Crippen LogP contribution in [0.3, 0.4) is 0 Å². The third-order valence-corrected chi connectivity index (χ3v) is 10.1. The van der Waals surface area contributed by atoms with E-state index in [2.05, 4.69) is 28.1 Å². The van der Waals surface area contributed by atoms with Crippen LogP contribution in [0.1, 0.15) is 68.1 Å². The molecule has 4 fully saturated rings. The summed E-state index contributed by atoms with van der Waals surface area (Å²) in [7, 11) is 0. The first-order valence-electron chi connectivity index (χ1n) is 16.0. The van der Waals surface area contributed by atoms with Gasteiger partial charge in [0.15, 0.2) is 0 Å². The lowest BCUT2D eigenvalue weighted by Gasteiger charge is -2.40. The number of carboxylic acids is 1. The molecule has 45 heavy (non-hydrogen) atoms. The third kappa shape index (κ3) is 7.08. The number of hydrogen-bond donors (Lipinski definition) is 4. The van der Waals surface area contributed by atoms with Crippen molar-refractivity contribution in [3.05, 3.63) is 71.3 Å². The molecule has 4 aliphatic carbocycles. The number of fused-ring (bicyclic) bond motifs is 1. The van der Waals surface area contributed by atoms with Crippen LogP contribution in [0, 0.1) is 11.8 Å². The average Bonchev–Trinajstić information content (AvgIpc) is 3.63. The zero-order valence-corrected chi connectivity index (χ0v) is 25.5. The van der Waals surface area contributed by atoms with Crippen LogP contribution >= 0.6 is 0 Å². The first-order valence-corrected chi connectivity index (χ1v) is 16.0. The van der Waals surface area contributed by atoms with Gasteiger partial charge in [0, 0.05) is 31.6 Å². The van der Waals surface area contributed by atoms with Crippen molar-refractivity contribution in [3.63, 3.8) is 0 Å². The van der Waals surface area contributed by atoms with Crippen molar-refractivity contribution in [2.45, 2.75) is 88.2 Å². The maximum atomic E-state index is 13.1. The molecule has 4 bridgehead atoms. The van der Waals surface area contributed by atoms with Gasteiger partial charge < -0.3 is 35.4 Å². The number of ether oxygens (including phenoxy) is 2. The summed E-state index contributed by atoms with van der Waals surface area (Å²) in [5, 5.41) is 18.6. The number of carbonyl (C=O) groups excluding carboxylic acids is 3. The molecule has 4 N–H and O–H groups in total. The van der Waals surface area contributed by atoms with E-state index in [0.717, 1.165) is 31.2 Å². The molecule has 2 aromatic carbocycles. The van der Waals surface area contributed by atoms with Gasteiger partial charge in [-0.3, -0.25) is 4.79 Å². The van der Waals surface area contributed by atoms with Crippen molar-refractivity contribution in [2.75, 3.05) is 13.1 Å². The topological polar surface area (TPSA) is 146 Å². The van der Waals surface area contributed by atoms with E-state index in [1.165, 1.54) is 11.1 Å². The predicted molar refractivity (Wildman–Crippen MR) is 164 cm³/mol. The summed E-state index contributed by atoms with van der Waals surface area (Å²) in [6.07, 6.45) is 4.10. The number of nitrogens with one attached hydrogen (secondary N) is 3. The highest BCUT2D eigenvalue weighted by Gasteiger charge is 2.65. The highest BCUT2D eigenvalue weighted by molar-refractivity contribution is 5.80. The molecule has 240 valence electrons. The van der Waals surface area contributed by atoms with Crippen molar-refractivity contribution in [2.24, 2.45) is 11.8 Å². The second-order valence-electron chi connectivity index (χ2n) is 13.2. The standard InChI is InChI=1S/C34H42N4O7/c39-29(38-19-25-10-4-5-11-26(25)20-38)18-36-34-16-24-14-27(34)17-33(15-24,22-34)45-32(43)37-28(30(40)41)12-6-7-13-35-31(42)44-21-23-8-2-1-3-9-23/h1-5,8-11,24,27-28,36H,6-7,12-22H2,(H,35,42)(H,37,43)(H,40,41)/t24?,27?,28-,33?,34?/m0/s1. The Morgan fingerprint density at radius 2 is 1.67 bits per heavy atom. The van der Waals surface area contributed by atoms with Crippen LogP contribution in [0.2, 0.25) is 0 Å². The molecule has 4 unspecified atom stereocenters. The van der Waals surface area contributed by atoms with E-state index in [-0.39, 0.29) is 31.0 Å². The monoisotopic (exact) mass is 618 g/mol. The molecular formula is C34H42N4O7. The lowest BCUT2D eigenvalue weighted by molar-refractivity contribution is -0.139. The summed E-state index contributed by atoms with van der Waals surface area (Å²) in [5.41, 5.74) is 2.38. The van der Waals surface area contributed by atoms with Crippen molar-refractivity contribution in [1.29, 1.82) is 0 Å². The lowest BCUT2D eigenvalue weighted by atomic mass is 9.77. The number of carbonyl (C=O) groups is 4. The molecular weight excluding hydrogens is 576 g/mol. The minimum absolute atomic E-state index is 0.0723. The second kappa shape index (κ2) is 13.1. The van der Waals surface area contributed by atoms with Crippen LogP contribution in [0.15, 0.2) is 54.6 Å². The van der Waals surface area contributed by atoms with Crippen molar-refractivity contribution in [1.82, 2.24) is 20.9 Å². The Labute approximate surface area is 263 Å². The molecule has 5 atom stereocenters. The number of carboxylic acid groups (broad SMARTS) is 1. The zero-order chi connectivity index (χ0) is 31.4. The molecule has 1 heterocycles. The third-order valence-electron chi connectivity index (χ3n) is 10.1. The fourth-order valence-electron chi connectivity index (χ4n) is 8.16. The van der Waals surface area contributed by atoms with E-state index in [1.54, 1.807) is 0 Å². The number of hydrogen-bond acceptors (Lipinski definition) is 7. The minimum atomic E-state index is -1.13. The zero-order valence-electron chi connectivity index (χ0n) is 25.5. The fraction of sp³-hybridized carbons (Fsp3) is 0.529. The van der Waals surface area contributed by atoms with Gasteiger partial charge in [-0.1, -0.05) is 54.6 Å². The van der Waals surface area contributed by atoms with E-state index in [1.807, 2.05) is 47.4 Å². The number of nitrogens with zero attached hydrogens (tertiary/aromatic N) is 1. The molecule has 4 saturated carbocycles. The fourth-order valence-corrected chi connectivity index (χ4v) is 8.16. The molecule has 1 aliphatic heterocycles. The number of unbranched alkanes of at least 4 members (excludes halogenated alkanes) is 1. The number of rotatable bonds is 13. The Kier molecular flexibility index (Phi) is 8.98. The molecule has 0 spiro atoms. The van der Waals surface area contributed by atoms with Crippen molar-refractivity contribution >= 4 is 24.1 Å². The van der Waals surface area contributed by atoms with Crippen LogP contribution in [0.5, 0.6) is 0 Å². The SMILES string of the molecule is O=C(NCCCC[C@H](NC(=O)OC12CC3CC(C1)C(NCC(=O)N1Cc4ccccc4C1)(C3)C2)C(=O)O)OCc1ccccc1. The van der Waals surface area contributed by atoms with Gasteiger partial charge in [0.2, 0.25) is 5.91 Å². The average molecular weight is 619 g/mol. The minimum Gasteiger partial charge on any atom is -0.480 e. The van der Waals surface area contributed by atoms with Crippen LogP contribution in [-0.4, -0.2) is 64.3 Å². The predicted octanol–water partition coefficient (Wildman–Crippen LogP) is 4.10. The summed E-state index contributed by atoms with van der Waals surface area (Å²) in [6, 6.07) is 16.4. The molecule has 3 amide bonds. The Balaban J connectivity index is 0.930. The summed E-state index contributed by atoms with van der Waals surface area (Å²) in [6.45, 7) is 2.02. The molecule has 0 aromatic heterocycles. The van der Waals surface area contributed by atoms with Gasteiger partial charge in [0.25, 0.3) is 0 Å². The highest BCUT2D eigenvalue weighted by atomic mass is 16.6. The first-order chi connectivity index (χ1) is 21.7. The molecule has 2 aromatic rings. The number of aliphatic carboxylic acids is 1. The summed E-state index contributed by atoms with van der Waals surface area (Å²) < 4.78 is 11.2. The summed E-state index contributed by atoms with van der Waals surface area (Å²) in [5.74, 6) is -0.333. The van der Waals surface area contributed by atoms with E-state index in [9.17, 15) is 24.3 Å². The van der Waals surface area contributed by atoms with Gasteiger partial charge in [0.1, 0.15) is 18.2 Å².